The molecule has 2 nitrogen and oxygen atoms in total. The van der Waals surface area contributed by atoms with Gasteiger partial charge in [-0.15, -0.1) is 0 Å². The molecule has 0 atom stereocenters. The van der Waals surface area contributed by atoms with Crippen LogP contribution in [-0.4, -0.2) is 9.97 Å². The van der Waals surface area contributed by atoms with Crippen LogP contribution in [0.2, 0.25) is 5.15 Å². The number of hydrogen-bond acceptors (Lipinski definition) is 2. The lowest BCUT2D eigenvalue weighted by Gasteiger charge is -2.08. The second kappa shape index (κ2) is 3.62. The summed E-state index contributed by atoms with van der Waals surface area (Å²) >= 11 is 5.88. The van der Waals surface area contributed by atoms with Crippen molar-refractivity contribution in [1.29, 1.82) is 0 Å². The molecule has 1 fully saturated rings. The van der Waals surface area contributed by atoms with Gasteiger partial charge in [-0.1, -0.05) is 24.4 Å². The predicted molar refractivity (Wildman–Crippen MR) is 53.0 cm³/mol. The van der Waals surface area contributed by atoms with E-state index in [-0.39, 0.29) is 0 Å². The molecule has 1 aliphatic rings. The maximum Gasteiger partial charge on any atom is 0.133 e. The number of aromatic nitrogens is 2. The first kappa shape index (κ1) is 8.95. The van der Waals surface area contributed by atoms with E-state index in [2.05, 4.69) is 9.97 Å². The molecule has 0 bridgehead atoms. The topological polar surface area (TPSA) is 25.8 Å². The van der Waals surface area contributed by atoms with Gasteiger partial charge in [0.2, 0.25) is 0 Å². The van der Waals surface area contributed by atoms with Crippen LogP contribution in [0.5, 0.6) is 0 Å². The first-order valence-electron chi connectivity index (χ1n) is 4.77. The Kier molecular flexibility index (Phi) is 2.49. The Labute approximate surface area is 83.4 Å². The van der Waals surface area contributed by atoms with E-state index in [1.54, 1.807) is 0 Å². The van der Waals surface area contributed by atoms with Crippen molar-refractivity contribution in [3.63, 3.8) is 0 Å². The lowest BCUT2D eigenvalue weighted by Crippen LogP contribution is -1.99. The quantitative estimate of drug-likeness (QED) is 0.646. The van der Waals surface area contributed by atoms with Gasteiger partial charge in [-0.05, 0) is 25.8 Å². The zero-order chi connectivity index (χ0) is 9.26. The van der Waals surface area contributed by atoms with E-state index in [9.17, 15) is 0 Å². The fourth-order valence-corrected chi connectivity index (χ4v) is 2.22. The summed E-state index contributed by atoms with van der Waals surface area (Å²) in [6, 6.07) is 1.91. The number of nitrogens with zero attached hydrogens (tertiary/aromatic N) is 2. The summed E-state index contributed by atoms with van der Waals surface area (Å²) in [7, 11) is 0. The molecular weight excluding hydrogens is 184 g/mol. The van der Waals surface area contributed by atoms with Crippen LogP contribution in [-0.2, 0) is 0 Å². The summed E-state index contributed by atoms with van der Waals surface area (Å²) in [6.07, 6.45) is 5.16. The zero-order valence-corrected chi connectivity index (χ0v) is 8.51. The Hall–Kier alpha value is -0.630. The number of rotatable bonds is 1. The molecule has 0 aliphatic heterocycles. The highest BCUT2D eigenvalue weighted by molar-refractivity contribution is 6.29. The maximum absolute atomic E-state index is 5.88. The molecular formula is C10H13ClN2. The van der Waals surface area contributed by atoms with Crippen LogP contribution in [0.1, 0.15) is 43.1 Å². The average molecular weight is 197 g/mol. The van der Waals surface area contributed by atoms with E-state index in [1.165, 1.54) is 25.7 Å². The number of halogens is 1. The first-order chi connectivity index (χ1) is 6.25. The average Bonchev–Trinajstić information content (AvgIpc) is 2.53. The van der Waals surface area contributed by atoms with Crippen LogP contribution in [0.25, 0.3) is 0 Å². The molecule has 1 aromatic heterocycles. The second-order valence-electron chi connectivity index (χ2n) is 3.64. The largest absolute Gasteiger partial charge is 0.238 e. The maximum atomic E-state index is 5.88. The van der Waals surface area contributed by atoms with E-state index in [4.69, 9.17) is 11.6 Å². The molecule has 1 heterocycles. The molecule has 1 aliphatic carbocycles. The highest BCUT2D eigenvalue weighted by Gasteiger charge is 2.18. The second-order valence-corrected chi connectivity index (χ2v) is 4.03. The summed E-state index contributed by atoms with van der Waals surface area (Å²) in [5.74, 6) is 1.41. The van der Waals surface area contributed by atoms with Gasteiger partial charge in [0.25, 0.3) is 0 Å². The Bertz CT molecular complexity index is 286. The van der Waals surface area contributed by atoms with Crippen molar-refractivity contribution in [2.24, 2.45) is 0 Å². The van der Waals surface area contributed by atoms with E-state index in [0.717, 1.165) is 11.5 Å². The molecule has 3 heteroatoms. The van der Waals surface area contributed by atoms with Crippen LogP contribution in [0.15, 0.2) is 6.07 Å². The molecule has 0 amide bonds. The highest BCUT2D eigenvalue weighted by Crippen LogP contribution is 2.33. The minimum atomic E-state index is 0.578. The predicted octanol–water partition coefficient (Wildman–Crippen LogP) is 3.10. The number of aryl methyl sites for hydroxylation is 1. The third-order valence-electron chi connectivity index (χ3n) is 2.60. The number of hydrogen-bond donors (Lipinski definition) is 0. The van der Waals surface area contributed by atoms with E-state index in [1.807, 2.05) is 13.0 Å². The Morgan fingerprint density at radius 3 is 2.62 bits per heavy atom. The van der Waals surface area contributed by atoms with Gasteiger partial charge in [-0.2, -0.15) is 0 Å². The Morgan fingerprint density at radius 1 is 1.31 bits per heavy atom. The van der Waals surface area contributed by atoms with Crippen LogP contribution in [0.3, 0.4) is 0 Å². The molecule has 1 aromatic rings. The summed E-state index contributed by atoms with van der Waals surface area (Å²) in [6.45, 7) is 1.89. The fourth-order valence-electron chi connectivity index (χ4n) is 1.98. The smallest absolute Gasteiger partial charge is 0.133 e. The van der Waals surface area contributed by atoms with Crippen molar-refractivity contribution >= 4 is 11.6 Å². The van der Waals surface area contributed by atoms with Crippen molar-refractivity contribution in [1.82, 2.24) is 9.97 Å². The van der Waals surface area contributed by atoms with Crippen molar-refractivity contribution in [3.8, 4) is 0 Å². The minimum Gasteiger partial charge on any atom is -0.238 e. The van der Waals surface area contributed by atoms with E-state index in [0.29, 0.717) is 11.1 Å². The summed E-state index contributed by atoms with van der Waals surface area (Å²) in [5, 5.41) is 0.578. The van der Waals surface area contributed by atoms with E-state index < -0.39 is 0 Å². The van der Waals surface area contributed by atoms with Gasteiger partial charge in [0.15, 0.2) is 0 Å². The van der Waals surface area contributed by atoms with Crippen LogP contribution in [0.4, 0.5) is 0 Å². The van der Waals surface area contributed by atoms with Crippen molar-refractivity contribution in [2.75, 3.05) is 0 Å². The van der Waals surface area contributed by atoms with Gasteiger partial charge in [0.1, 0.15) is 11.0 Å². The van der Waals surface area contributed by atoms with Gasteiger partial charge < -0.3 is 0 Å². The fraction of sp³-hybridized carbons (Fsp3) is 0.600. The van der Waals surface area contributed by atoms with Crippen molar-refractivity contribution < 1.29 is 0 Å². The lowest BCUT2D eigenvalue weighted by atomic mass is 10.0. The first-order valence-corrected chi connectivity index (χ1v) is 5.14. The molecule has 0 radical (unpaired) electrons. The molecule has 0 spiro atoms. The third-order valence-corrected chi connectivity index (χ3v) is 2.79. The van der Waals surface area contributed by atoms with Gasteiger partial charge >= 0.3 is 0 Å². The molecule has 2 rings (SSSR count). The summed E-state index contributed by atoms with van der Waals surface area (Å²) in [4.78, 5) is 8.48. The molecule has 1 saturated carbocycles. The van der Waals surface area contributed by atoms with Gasteiger partial charge in [-0.25, -0.2) is 9.97 Å². The SMILES string of the molecule is Cc1nc(Cl)cc(C2CCCC2)n1. The van der Waals surface area contributed by atoms with Crippen LogP contribution in [0, 0.1) is 6.92 Å². The monoisotopic (exact) mass is 196 g/mol. The lowest BCUT2D eigenvalue weighted by molar-refractivity contribution is 0.689. The van der Waals surface area contributed by atoms with Crippen LogP contribution >= 0.6 is 11.6 Å². The molecule has 0 unspecified atom stereocenters. The Morgan fingerprint density at radius 2 is 2.00 bits per heavy atom. The van der Waals surface area contributed by atoms with Crippen LogP contribution < -0.4 is 0 Å². The molecule has 0 N–H and O–H groups in total. The molecule has 13 heavy (non-hydrogen) atoms. The summed E-state index contributed by atoms with van der Waals surface area (Å²) < 4.78 is 0. The van der Waals surface area contributed by atoms with Crippen molar-refractivity contribution in [2.45, 2.75) is 38.5 Å². The van der Waals surface area contributed by atoms with Crippen molar-refractivity contribution in [3.05, 3.63) is 22.7 Å². The summed E-state index contributed by atoms with van der Waals surface area (Å²) in [5.41, 5.74) is 1.13. The third kappa shape index (κ3) is 1.99. The zero-order valence-electron chi connectivity index (χ0n) is 7.76. The molecule has 0 aromatic carbocycles. The minimum absolute atomic E-state index is 0.578. The van der Waals surface area contributed by atoms with Gasteiger partial charge in [0, 0.05) is 11.6 Å². The highest BCUT2D eigenvalue weighted by atomic mass is 35.5. The Balaban J connectivity index is 2.28. The molecule has 0 saturated heterocycles. The standard InChI is InChI=1S/C10H13ClN2/c1-7-12-9(6-10(11)13-7)8-4-2-3-5-8/h6,8H,2-5H2,1H3. The van der Waals surface area contributed by atoms with Gasteiger partial charge in [-0.3, -0.25) is 0 Å². The van der Waals surface area contributed by atoms with Gasteiger partial charge in [0.05, 0.1) is 0 Å². The molecule has 70 valence electrons. The normalized spacial score (nSPS) is 18.0. The van der Waals surface area contributed by atoms with E-state index >= 15 is 0 Å².